The molecule has 0 heterocycles. The third-order valence-corrected chi connectivity index (χ3v) is 4.72. The van der Waals surface area contributed by atoms with Gasteiger partial charge in [0.15, 0.2) is 11.5 Å². The molecule has 0 unspecified atom stereocenters. The van der Waals surface area contributed by atoms with E-state index in [0.717, 1.165) is 18.8 Å². The van der Waals surface area contributed by atoms with Crippen molar-refractivity contribution in [3.63, 3.8) is 0 Å². The van der Waals surface area contributed by atoms with Crippen molar-refractivity contribution in [2.45, 2.75) is 58.8 Å². The highest BCUT2D eigenvalue weighted by atomic mass is 19.2. The van der Waals surface area contributed by atoms with E-state index in [9.17, 15) is 8.78 Å². The molecule has 0 atom stereocenters. The van der Waals surface area contributed by atoms with Crippen molar-refractivity contribution < 1.29 is 18.3 Å². The summed E-state index contributed by atoms with van der Waals surface area (Å²) in [5.41, 5.74) is 0. The van der Waals surface area contributed by atoms with Gasteiger partial charge in [-0.2, -0.15) is 8.78 Å². The highest BCUT2D eigenvalue weighted by Gasteiger charge is 2.22. The Morgan fingerprint density at radius 1 is 0.913 bits per heavy atom. The number of hydrogen-bond acceptors (Lipinski definition) is 2. The van der Waals surface area contributed by atoms with E-state index in [1.807, 2.05) is 0 Å². The summed E-state index contributed by atoms with van der Waals surface area (Å²) in [6.45, 7) is 4.73. The third-order valence-electron chi connectivity index (χ3n) is 4.72. The highest BCUT2D eigenvalue weighted by Crippen LogP contribution is 2.33. The molecule has 0 amide bonds. The second kappa shape index (κ2) is 9.09. The van der Waals surface area contributed by atoms with E-state index in [-0.39, 0.29) is 11.5 Å². The molecule has 1 aliphatic rings. The largest absolute Gasteiger partial charge is 0.491 e. The Morgan fingerprint density at radius 3 is 2.04 bits per heavy atom. The van der Waals surface area contributed by atoms with Gasteiger partial charge in [-0.05, 0) is 43.7 Å². The first-order valence-corrected chi connectivity index (χ1v) is 8.89. The van der Waals surface area contributed by atoms with E-state index >= 15 is 0 Å². The number of unbranched alkanes of at least 4 members (excludes halogenated alkanes) is 1. The SMILES string of the molecule is CCCCC1CCC(COc2ccc(OCC)c(F)c2F)CC1. The van der Waals surface area contributed by atoms with Crippen molar-refractivity contribution in [3.05, 3.63) is 23.8 Å². The maximum atomic E-state index is 14.0. The minimum atomic E-state index is -0.965. The first-order valence-electron chi connectivity index (χ1n) is 8.89. The molecular weight excluding hydrogens is 298 g/mol. The lowest BCUT2D eigenvalue weighted by Gasteiger charge is -2.28. The van der Waals surface area contributed by atoms with Gasteiger partial charge in [-0.15, -0.1) is 0 Å². The standard InChI is InChI=1S/C19H28F2O2/c1-3-5-6-14-7-9-15(10-8-14)13-23-17-12-11-16(22-4-2)18(20)19(17)21/h11-12,14-15H,3-10,13H2,1-2H3. The topological polar surface area (TPSA) is 18.5 Å². The van der Waals surface area contributed by atoms with E-state index in [4.69, 9.17) is 9.47 Å². The van der Waals surface area contributed by atoms with E-state index in [1.54, 1.807) is 6.92 Å². The van der Waals surface area contributed by atoms with Crippen molar-refractivity contribution in [3.8, 4) is 11.5 Å². The van der Waals surface area contributed by atoms with Gasteiger partial charge >= 0.3 is 0 Å². The van der Waals surface area contributed by atoms with Crippen molar-refractivity contribution >= 4 is 0 Å². The maximum absolute atomic E-state index is 14.0. The number of ether oxygens (including phenoxy) is 2. The van der Waals surface area contributed by atoms with Crippen LogP contribution in [-0.2, 0) is 0 Å². The normalized spacial score (nSPS) is 21.2. The zero-order chi connectivity index (χ0) is 16.7. The van der Waals surface area contributed by atoms with Crippen LogP contribution in [0.4, 0.5) is 8.78 Å². The molecule has 0 aliphatic heterocycles. The van der Waals surface area contributed by atoms with Crippen molar-refractivity contribution in [2.75, 3.05) is 13.2 Å². The fraction of sp³-hybridized carbons (Fsp3) is 0.684. The Balaban J connectivity index is 1.82. The molecule has 0 spiro atoms. The summed E-state index contributed by atoms with van der Waals surface area (Å²) in [5, 5.41) is 0. The second-order valence-corrected chi connectivity index (χ2v) is 6.46. The minimum Gasteiger partial charge on any atom is -0.491 e. The van der Waals surface area contributed by atoms with Crippen LogP contribution in [0.3, 0.4) is 0 Å². The van der Waals surface area contributed by atoms with Gasteiger partial charge in [0.05, 0.1) is 13.2 Å². The van der Waals surface area contributed by atoms with Crippen LogP contribution in [-0.4, -0.2) is 13.2 Å². The molecule has 1 aromatic carbocycles. The molecule has 0 N–H and O–H groups in total. The number of halogens is 2. The zero-order valence-electron chi connectivity index (χ0n) is 14.2. The van der Waals surface area contributed by atoms with Gasteiger partial charge in [-0.25, -0.2) is 0 Å². The molecule has 0 saturated heterocycles. The molecule has 0 aromatic heterocycles. The zero-order valence-corrected chi connectivity index (χ0v) is 14.2. The molecule has 4 heteroatoms. The molecule has 1 fully saturated rings. The van der Waals surface area contributed by atoms with Gasteiger partial charge in [0.25, 0.3) is 0 Å². The second-order valence-electron chi connectivity index (χ2n) is 6.46. The van der Waals surface area contributed by atoms with Crippen LogP contribution in [0, 0.1) is 23.5 Å². The molecule has 2 rings (SSSR count). The van der Waals surface area contributed by atoms with E-state index in [0.29, 0.717) is 19.1 Å². The van der Waals surface area contributed by atoms with Crippen LogP contribution in [0.5, 0.6) is 11.5 Å². The fourth-order valence-corrected chi connectivity index (χ4v) is 3.28. The van der Waals surface area contributed by atoms with Gasteiger partial charge in [-0.1, -0.05) is 39.0 Å². The lowest BCUT2D eigenvalue weighted by molar-refractivity contribution is 0.172. The van der Waals surface area contributed by atoms with Gasteiger partial charge in [0.2, 0.25) is 11.6 Å². The van der Waals surface area contributed by atoms with E-state index in [1.165, 1.54) is 44.2 Å². The van der Waals surface area contributed by atoms with Gasteiger partial charge in [0.1, 0.15) is 0 Å². The molecule has 23 heavy (non-hydrogen) atoms. The summed E-state index contributed by atoms with van der Waals surface area (Å²) in [6.07, 6.45) is 8.59. The summed E-state index contributed by atoms with van der Waals surface area (Å²) in [4.78, 5) is 0. The Bertz CT molecular complexity index is 483. The van der Waals surface area contributed by atoms with Crippen molar-refractivity contribution in [2.24, 2.45) is 11.8 Å². The Hall–Kier alpha value is -1.32. The molecule has 0 bridgehead atoms. The maximum Gasteiger partial charge on any atom is 0.204 e. The molecule has 1 aromatic rings. The first-order chi connectivity index (χ1) is 11.2. The van der Waals surface area contributed by atoms with Crippen molar-refractivity contribution in [1.82, 2.24) is 0 Å². The summed E-state index contributed by atoms with van der Waals surface area (Å²) in [6, 6.07) is 2.88. The lowest BCUT2D eigenvalue weighted by atomic mass is 9.80. The molecule has 1 aliphatic carbocycles. The van der Waals surface area contributed by atoms with E-state index < -0.39 is 11.6 Å². The predicted molar refractivity (Wildman–Crippen MR) is 88.0 cm³/mol. The number of benzene rings is 1. The quantitative estimate of drug-likeness (QED) is 0.606. The summed E-state index contributed by atoms with van der Waals surface area (Å²) < 4.78 is 38.3. The number of rotatable bonds is 8. The predicted octanol–water partition coefficient (Wildman–Crippen LogP) is 5.74. The molecule has 1 saturated carbocycles. The monoisotopic (exact) mass is 326 g/mol. The first kappa shape index (κ1) is 18.0. The van der Waals surface area contributed by atoms with Crippen LogP contribution in [0.15, 0.2) is 12.1 Å². The van der Waals surface area contributed by atoms with Crippen molar-refractivity contribution in [1.29, 1.82) is 0 Å². The van der Waals surface area contributed by atoms with Crippen LogP contribution < -0.4 is 9.47 Å². The third kappa shape index (κ3) is 5.08. The average molecular weight is 326 g/mol. The molecular formula is C19H28F2O2. The molecule has 0 radical (unpaired) electrons. The highest BCUT2D eigenvalue weighted by molar-refractivity contribution is 5.35. The Labute approximate surface area is 138 Å². The van der Waals surface area contributed by atoms with E-state index in [2.05, 4.69) is 6.92 Å². The summed E-state index contributed by atoms with van der Waals surface area (Å²) in [7, 11) is 0. The summed E-state index contributed by atoms with van der Waals surface area (Å²) in [5.74, 6) is -0.708. The minimum absolute atomic E-state index is 0.0148. The fourth-order valence-electron chi connectivity index (χ4n) is 3.28. The smallest absolute Gasteiger partial charge is 0.204 e. The molecule has 130 valence electrons. The summed E-state index contributed by atoms with van der Waals surface area (Å²) >= 11 is 0. The van der Waals surface area contributed by atoms with Crippen LogP contribution in [0.2, 0.25) is 0 Å². The average Bonchev–Trinajstić information content (AvgIpc) is 2.57. The Kier molecular flexibility index (Phi) is 7.13. The van der Waals surface area contributed by atoms with Gasteiger partial charge < -0.3 is 9.47 Å². The van der Waals surface area contributed by atoms with Gasteiger partial charge in [0, 0.05) is 0 Å². The molecule has 2 nitrogen and oxygen atoms in total. The van der Waals surface area contributed by atoms with Crippen LogP contribution in [0.1, 0.15) is 58.8 Å². The Morgan fingerprint density at radius 2 is 1.48 bits per heavy atom. The lowest BCUT2D eigenvalue weighted by Crippen LogP contribution is -2.20. The van der Waals surface area contributed by atoms with Crippen LogP contribution >= 0.6 is 0 Å². The number of hydrogen-bond donors (Lipinski definition) is 0. The van der Waals surface area contributed by atoms with Gasteiger partial charge in [-0.3, -0.25) is 0 Å². The van der Waals surface area contributed by atoms with Crippen LogP contribution in [0.25, 0.3) is 0 Å².